The Bertz CT molecular complexity index is 555. The van der Waals surface area contributed by atoms with Crippen LogP contribution in [0.15, 0.2) is 29.3 Å². The van der Waals surface area contributed by atoms with Crippen molar-refractivity contribution in [2.45, 2.75) is 33.6 Å². The second-order valence-electron chi connectivity index (χ2n) is 7.24. The first-order valence-electron chi connectivity index (χ1n) is 10.2. The zero-order valence-electron chi connectivity index (χ0n) is 17.5. The monoisotopic (exact) mass is 487 g/mol. The predicted molar refractivity (Wildman–Crippen MR) is 128 cm³/mol. The molecular weight excluding hydrogens is 449 g/mol. The van der Waals surface area contributed by atoms with Gasteiger partial charge in [-0.15, -0.1) is 24.0 Å². The molecule has 1 unspecified atom stereocenters. The third kappa shape index (κ3) is 8.79. The molecule has 1 aromatic rings. The summed E-state index contributed by atoms with van der Waals surface area (Å²) in [5, 5.41) is 6.86. The van der Waals surface area contributed by atoms with E-state index in [1.54, 1.807) is 0 Å². The molecule has 0 aliphatic carbocycles. The van der Waals surface area contributed by atoms with Crippen LogP contribution in [0.2, 0.25) is 0 Å². The topological polar surface area (TPSA) is 42.9 Å². The van der Waals surface area contributed by atoms with Gasteiger partial charge in [0, 0.05) is 58.3 Å². The molecule has 0 spiro atoms. The van der Waals surface area contributed by atoms with Crippen LogP contribution in [-0.2, 0) is 0 Å². The van der Waals surface area contributed by atoms with Gasteiger partial charge in [0.2, 0.25) is 0 Å². The first-order valence-corrected chi connectivity index (χ1v) is 10.2. The molecule has 5 nitrogen and oxygen atoms in total. The zero-order valence-corrected chi connectivity index (χ0v) is 19.8. The van der Waals surface area contributed by atoms with Gasteiger partial charge >= 0.3 is 0 Å². The molecule has 0 bridgehead atoms. The number of aliphatic imine (C=N–C) groups is 1. The van der Waals surface area contributed by atoms with Crippen molar-refractivity contribution in [1.29, 1.82) is 0 Å². The minimum atomic E-state index is 0. The second kappa shape index (κ2) is 13.3. The summed E-state index contributed by atoms with van der Waals surface area (Å²) in [6.07, 6.45) is 0. The van der Waals surface area contributed by atoms with Crippen LogP contribution >= 0.6 is 24.0 Å². The lowest BCUT2D eigenvalue weighted by atomic mass is 10.00. The van der Waals surface area contributed by atoms with Crippen LogP contribution in [-0.4, -0.2) is 74.7 Å². The Hall–Kier alpha value is -0.860. The molecule has 154 valence electrons. The molecular formula is C21H38IN5. The third-order valence-electron chi connectivity index (χ3n) is 5.11. The van der Waals surface area contributed by atoms with Crippen molar-refractivity contribution in [3.05, 3.63) is 35.4 Å². The standard InChI is InChI=1S/C21H37N5.HI/c1-5-22-21(23-10-11-26-14-12-25(6-2)13-15-26)24-17-19(4)20-9-7-8-18(3)16-20;/h7-9,16,19H,5-6,10-15,17H2,1-4H3,(H2,22,23,24);1H. The van der Waals surface area contributed by atoms with Crippen molar-refractivity contribution in [3.63, 3.8) is 0 Å². The molecule has 1 saturated heterocycles. The van der Waals surface area contributed by atoms with E-state index in [0.717, 1.165) is 32.1 Å². The van der Waals surface area contributed by atoms with Gasteiger partial charge in [-0.05, 0) is 26.0 Å². The van der Waals surface area contributed by atoms with E-state index in [0.29, 0.717) is 5.92 Å². The first-order chi connectivity index (χ1) is 12.6. The Balaban J connectivity index is 0.00000364. The number of rotatable bonds is 8. The summed E-state index contributed by atoms with van der Waals surface area (Å²) in [6, 6.07) is 8.73. The zero-order chi connectivity index (χ0) is 18.8. The van der Waals surface area contributed by atoms with Gasteiger partial charge in [-0.3, -0.25) is 9.89 Å². The van der Waals surface area contributed by atoms with Gasteiger partial charge in [0.1, 0.15) is 0 Å². The normalized spacial score (nSPS) is 17.3. The highest BCUT2D eigenvalue weighted by Crippen LogP contribution is 2.16. The summed E-state index contributed by atoms with van der Waals surface area (Å²) >= 11 is 0. The molecule has 27 heavy (non-hydrogen) atoms. The summed E-state index contributed by atoms with van der Waals surface area (Å²) in [5.74, 6) is 1.35. The van der Waals surface area contributed by atoms with Crippen molar-refractivity contribution >= 4 is 29.9 Å². The maximum Gasteiger partial charge on any atom is 0.191 e. The van der Waals surface area contributed by atoms with Crippen LogP contribution in [0.4, 0.5) is 0 Å². The second-order valence-corrected chi connectivity index (χ2v) is 7.24. The molecule has 0 aromatic heterocycles. The van der Waals surface area contributed by atoms with Gasteiger partial charge < -0.3 is 15.5 Å². The molecule has 0 saturated carbocycles. The lowest BCUT2D eigenvalue weighted by Gasteiger charge is -2.34. The number of likely N-dealkylation sites (N-methyl/N-ethyl adjacent to an activating group) is 1. The third-order valence-corrected chi connectivity index (χ3v) is 5.11. The summed E-state index contributed by atoms with van der Waals surface area (Å²) < 4.78 is 0. The maximum absolute atomic E-state index is 4.80. The fourth-order valence-corrected chi connectivity index (χ4v) is 3.31. The van der Waals surface area contributed by atoms with Crippen molar-refractivity contribution in [3.8, 4) is 0 Å². The quantitative estimate of drug-likeness (QED) is 0.336. The Morgan fingerprint density at radius 3 is 2.44 bits per heavy atom. The lowest BCUT2D eigenvalue weighted by molar-refractivity contribution is 0.139. The van der Waals surface area contributed by atoms with Crippen molar-refractivity contribution in [2.75, 3.05) is 58.9 Å². The molecule has 1 aliphatic rings. The van der Waals surface area contributed by atoms with Crippen LogP contribution in [0.3, 0.4) is 0 Å². The number of nitrogens with one attached hydrogen (secondary N) is 2. The molecule has 2 N–H and O–H groups in total. The number of nitrogens with zero attached hydrogens (tertiary/aromatic N) is 3. The maximum atomic E-state index is 4.80. The van der Waals surface area contributed by atoms with E-state index in [1.807, 2.05) is 0 Å². The van der Waals surface area contributed by atoms with E-state index in [-0.39, 0.29) is 24.0 Å². The van der Waals surface area contributed by atoms with Gasteiger partial charge in [0.25, 0.3) is 0 Å². The number of aryl methyl sites for hydroxylation is 1. The number of guanidine groups is 1. The average Bonchev–Trinajstić information content (AvgIpc) is 2.66. The van der Waals surface area contributed by atoms with Gasteiger partial charge in [-0.25, -0.2) is 0 Å². The fraction of sp³-hybridized carbons (Fsp3) is 0.667. The van der Waals surface area contributed by atoms with E-state index in [9.17, 15) is 0 Å². The summed E-state index contributed by atoms with van der Waals surface area (Å²) in [6.45, 7) is 18.4. The Kier molecular flexibility index (Phi) is 11.9. The molecule has 0 radical (unpaired) electrons. The van der Waals surface area contributed by atoms with E-state index in [1.165, 1.54) is 43.9 Å². The highest BCUT2D eigenvalue weighted by Gasteiger charge is 2.14. The van der Waals surface area contributed by atoms with Gasteiger partial charge in [-0.1, -0.05) is 43.7 Å². The molecule has 1 aromatic carbocycles. The number of benzene rings is 1. The van der Waals surface area contributed by atoms with Crippen molar-refractivity contribution in [1.82, 2.24) is 20.4 Å². The molecule has 1 heterocycles. The molecule has 6 heteroatoms. The number of piperazine rings is 1. The minimum absolute atomic E-state index is 0. The Morgan fingerprint density at radius 2 is 1.81 bits per heavy atom. The van der Waals surface area contributed by atoms with Crippen molar-refractivity contribution < 1.29 is 0 Å². The average molecular weight is 487 g/mol. The molecule has 1 atom stereocenters. The number of hydrogen-bond donors (Lipinski definition) is 2. The van der Waals surface area contributed by atoms with E-state index in [4.69, 9.17) is 4.99 Å². The molecule has 1 fully saturated rings. The molecule has 2 rings (SSSR count). The summed E-state index contributed by atoms with van der Waals surface area (Å²) in [5.41, 5.74) is 2.67. The van der Waals surface area contributed by atoms with Crippen LogP contribution in [0.5, 0.6) is 0 Å². The number of halogens is 1. The molecule has 1 aliphatic heterocycles. The first kappa shape index (κ1) is 24.2. The van der Waals surface area contributed by atoms with Crippen LogP contribution in [0.1, 0.15) is 37.8 Å². The van der Waals surface area contributed by atoms with Crippen LogP contribution < -0.4 is 10.6 Å². The van der Waals surface area contributed by atoms with E-state index in [2.05, 4.69) is 72.4 Å². The highest BCUT2D eigenvalue weighted by atomic mass is 127. The fourth-order valence-electron chi connectivity index (χ4n) is 3.31. The Labute approximate surface area is 183 Å². The summed E-state index contributed by atoms with van der Waals surface area (Å²) in [7, 11) is 0. The highest BCUT2D eigenvalue weighted by molar-refractivity contribution is 14.0. The predicted octanol–water partition coefficient (Wildman–Crippen LogP) is 2.91. The molecule has 0 amide bonds. The smallest absolute Gasteiger partial charge is 0.191 e. The van der Waals surface area contributed by atoms with Gasteiger partial charge in [-0.2, -0.15) is 0 Å². The van der Waals surface area contributed by atoms with Gasteiger partial charge in [0.15, 0.2) is 5.96 Å². The largest absolute Gasteiger partial charge is 0.357 e. The minimum Gasteiger partial charge on any atom is -0.357 e. The van der Waals surface area contributed by atoms with Crippen LogP contribution in [0.25, 0.3) is 0 Å². The SMILES string of the molecule is CCNC(=NCC(C)c1cccc(C)c1)NCCN1CCN(CC)CC1.I. The van der Waals surface area contributed by atoms with Crippen LogP contribution in [0, 0.1) is 6.92 Å². The van der Waals surface area contributed by atoms with Gasteiger partial charge in [0.05, 0.1) is 0 Å². The Morgan fingerprint density at radius 1 is 1.11 bits per heavy atom. The van der Waals surface area contributed by atoms with Crippen molar-refractivity contribution in [2.24, 2.45) is 4.99 Å². The van der Waals surface area contributed by atoms with E-state index < -0.39 is 0 Å². The number of hydrogen-bond acceptors (Lipinski definition) is 3. The van der Waals surface area contributed by atoms with E-state index >= 15 is 0 Å². The summed E-state index contributed by atoms with van der Waals surface area (Å²) in [4.78, 5) is 9.85. The lowest BCUT2D eigenvalue weighted by Crippen LogP contribution is -2.49.